The maximum absolute atomic E-state index is 5.51. The van der Waals surface area contributed by atoms with E-state index in [-0.39, 0.29) is 30.0 Å². The number of nitrogens with zero attached hydrogens (tertiary/aromatic N) is 2. The smallest absolute Gasteiger partial charge is 0.191 e. The Bertz CT molecular complexity index is 518. The molecular formula is C20H35IN4O. The second-order valence-electron chi connectivity index (χ2n) is 7.16. The highest BCUT2D eigenvalue weighted by atomic mass is 127. The molecule has 26 heavy (non-hydrogen) atoms. The lowest BCUT2D eigenvalue weighted by Gasteiger charge is -2.36. The third kappa shape index (κ3) is 7.80. The van der Waals surface area contributed by atoms with Gasteiger partial charge in [-0.05, 0) is 24.8 Å². The van der Waals surface area contributed by atoms with E-state index < -0.39 is 0 Å². The van der Waals surface area contributed by atoms with Crippen LogP contribution in [0.4, 0.5) is 0 Å². The molecule has 148 valence electrons. The quantitative estimate of drug-likeness (QED) is 0.362. The van der Waals surface area contributed by atoms with Crippen LogP contribution in [0.1, 0.15) is 38.8 Å². The first-order valence-corrected chi connectivity index (χ1v) is 9.44. The van der Waals surface area contributed by atoms with Gasteiger partial charge in [0.05, 0.1) is 19.3 Å². The predicted octanol–water partition coefficient (Wildman–Crippen LogP) is 3.28. The number of ether oxygens (including phenoxy) is 1. The second kappa shape index (κ2) is 12.5. The van der Waals surface area contributed by atoms with E-state index in [1.807, 2.05) is 13.1 Å². The Labute approximate surface area is 176 Å². The molecule has 1 aromatic carbocycles. The fraction of sp³-hybridized carbons (Fsp3) is 0.650. The van der Waals surface area contributed by atoms with Crippen molar-refractivity contribution in [2.75, 3.05) is 39.9 Å². The third-order valence-electron chi connectivity index (χ3n) is 4.69. The Kier molecular flexibility index (Phi) is 11.2. The van der Waals surface area contributed by atoms with E-state index in [0.717, 1.165) is 38.8 Å². The Morgan fingerprint density at radius 3 is 2.38 bits per heavy atom. The zero-order valence-corrected chi connectivity index (χ0v) is 18.9. The van der Waals surface area contributed by atoms with Gasteiger partial charge in [-0.3, -0.25) is 9.89 Å². The Hall–Kier alpha value is -0.860. The van der Waals surface area contributed by atoms with E-state index in [4.69, 9.17) is 4.74 Å². The summed E-state index contributed by atoms with van der Waals surface area (Å²) in [4.78, 5) is 6.95. The lowest BCUT2D eigenvalue weighted by atomic mass is 10.0. The van der Waals surface area contributed by atoms with Gasteiger partial charge in [-0.2, -0.15) is 0 Å². The fourth-order valence-electron chi connectivity index (χ4n) is 3.29. The molecule has 6 heteroatoms. The summed E-state index contributed by atoms with van der Waals surface area (Å²) in [5.41, 5.74) is 1.26. The summed E-state index contributed by atoms with van der Waals surface area (Å²) in [6.07, 6.45) is 1.18. The molecule has 0 aromatic heterocycles. The van der Waals surface area contributed by atoms with Gasteiger partial charge in [0.2, 0.25) is 0 Å². The number of hydrogen-bond donors (Lipinski definition) is 2. The monoisotopic (exact) mass is 474 g/mol. The van der Waals surface area contributed by atoms with Crippen LogP contribution in [-0.4, -0.2) is 56.8 Å². The maximum Gasteiger partial charge on any atom is 0.191 e. The molecule has 0 amide bonds. The van der Waals surface area contributed by atoms with Gasteiger partial charge in [0.15, 0.2) is 5.96 Å². The Morgan fingerprint density at radius 1 is 1.15 bits per heavy atom. The van der Waals surface area contributed by atoms with Crippen molar-refractivity contribution in [3.05, 3.63) is 35.9 Å². The minimum Gasteiger partial charge on any atom is -0.379 e. The average Bonchev–Trinajstić information content (AvgIpc) is 2.64. The highest BCUT2D eigenvalue weighted by Crippen LogP contribution is 2.14. The van der Waals surface area contributed by atoms with Gasteiger partial charge in [0.1, 0.15) is 0 Å². The Morgan fingerprint density at radius 2 is 1.81 bits per heavy atom. The molecule has 1 aliphatic rings. The standard InChI is InChI=1S/C20H34N4O.HI/c1-16(2)14-19(24-10-12-25-13-11-24)15-22-20(21-4)23-17(3)18-8-6-5-7-9-18;/h5-9,16-17,19H,10-15H2,1-4H3,(H2,21,22,23);1H. The topological polar surface area (TPSA) is 48.9 Å². The first kappa shape index (κ1) is 23.2. The first-order valence-electron chi connectivity index (χ1n) is 9.44. The summed E-state index contributed by atoms with van der Waals surface area (Å²) in [5, 5.41) is 7.02. The molecule has 5 nitrogen and oxygen atoms in total. The summed E-state index contributed by atoms with van der Waals surface area (Å²) in [6.45, 7) is 11.4. The van der Waals surface area contributed by atoms with Crippen LogP contribution < -0.4 is 10.6 Å². The van der Waals surface area contributed by atoms with E-state index in [1.165, 1.54) is 12.0 Å². The third-order valence-corrected chi connectivity index (χ3v) is 4.69. The van der Waals surface area contributed by atoms with E-state index in [9.17, 15) is 0 Å². The van der Waals surface area contributed by atoms with Crippen LogP contribution >= 0.6 is 24.0 Å². The highest BCUT2D eigenvalue weighted by molar-refractivity contribution is 14.0. The van der Waals surface area contributed by atoms with Crippen LogP contribution in [0.5, 0.6) is 0 Å². The lowest BCUT2D eigenvalue weighted by molar-refractivity contribution is 0.0132. The number of rotatable bonds is 7. The van der Waals surface area contributed by atoms with Gasteiger partial charge < -0.3 is 15.4 Å². The van der Waals surface area contributed by atoms with E-state index in [2.05, 4.69) is 65.6 Å². The van der Waals surface area contributed by atoms with Gasteiger partial charge in [-0.15, -0.1) is 24.0 Å². The molecule has 0 saturated carbocycles. The second-order valence-corrected chi connectivity index (χ2v) is 7.16. The number of benzene rings is 1. The van der Waals surface area contributed by atoms with Crippen molar-refractivity contribution in [2.45, 2.75) is 39.3 Å². The Balaban J connectivity index is 0.00000338. The predicted molar refractivity (Wildman–Crippen MR) is 120 cm³/mol. The molecule has 2 N–H and O–H groups in total. The zero-order valence-electron chi connectivity index (χ0n) is 16.6. The van der Waals surface area contributed by atoms with E-state index >= 15 is 0 Å². The number of guanidine groups is 1. The van der Waals surface area contributed by atoms with Crippen LogP contribution in [0, 0.1) is 5.92 Å². The van der Waals surface area contributed by atoms with Crippen molar-refractivity contribution in [1.29, 1.82) is 0 Å². The van der Waals surface area contributed by atoms with Crippen LogP contribution in [0.3, 0.4) is 0 Å². The van der Waals surface area contributed by atoms with Gasteiger partial charge >= 0.3 is 0 Å². The summed E-state index contributed by atoms with van der Waals surface area (Å²) in [5.74, 6) is 1.53. The van der Waals surface area contributed by atoms with Crippen molar-refractivity contribution >= 4 is 29.9 Å². The molecule has 2 unspecified atom stereocenters. The van der Waals surface area contributed by atoms with E-state index in [1.54, 1.807) is 0 Å². The highest BCUT2D eigenvalue weighted by Gasteiger charge is 2.22. The normalized spacial score (nSPS) is 18.1. The number of nitrogens with one attached hydrogen (secondary N) is 2. The molecular weight excluding hydrogens is 439 g/mol. The number of hydrogen-bond acceptors (Lipinski definition) is 3. The summed E-state index contributed by atoms with van der Waals surface area (Å²) in [7, 11) is 1.83. The first-order chi connectivity index (χ1) is 12.1. The van der Waals surface area contributed by atoms with Crippen molar-refractivity contribution in [3.63, 3.8) is 0 Å². The molecule has 1 heterocycles. The van der Waals surface area contributed by atoms with Crippen LogP contribution in [0.2, 0.25) is 0 Å². The maximum atomic E-state index is 5.51. The molecule has 2 atom stereocenters. The molecule has 0 aliphatic carbocycles. The van der Waals surface area contributed by atoms with Crippen molar-refractivity contribution in [2.24, 2.45) is 10.9 Å². The molecule has 1 saturated heterocycles. The number of halogens is 1. The molecule has 0 radical (unpaired) electrons. The van der Waals surface area contributed by atoms with Crippen molar-refractivity contribution in [1.82, 2.24) is 15.5 Å². The van der Waals surface area contributed by atoms with Gasteiger partial charge in [-0.1, -0.05) is 44.2 Å². The molecule has 1 aliphatic heterocycles. The number of aliphatic imine (C=N–C) groups is 1. The minimum atomic E-state index is 0. The average molecular weight is 474 g/mol. The van der Waals surface area contributed by atoms with Gasteiger partial charge in [-0.25, -0.2) is 0 Å². The SMILES string of the molecule is CN=C(NCC(CC(C)C)N1CCOCC1)NC(C)c1ccccc1.I. The minimum absolute atomic E-state index is 0. The van der Waals surface area contributed by atoms with E-state index in [0.29, 0.717) is 12.0 Å². The van der Waals surface area contributed by atoms with Crippen molar-refractivity contribution in [3.8, 4) is 0 Å². The largest absolute Gasteiger partial charge is 0.379 e. The fourth-order valence-corrected chi connectivity index (χ4v) is 3.29. The van der Waals surface area contributed by atoms with Crippen LogP contribution in [0.15, 0.2) is 35.3 Å². The molecule has 2 rings (SSSR count). The van der Waals surface area contributed by atoms with Gasteiger partial charge in [0.25, 0.3) is 0 Å². The summed E-state index contributed by atoms with van der Waals surface area (Å²) >= 11 is 0. The number of morpholine rings is 1. The molecule has 0 bridgehead atoms. The van der Waals surface area contributed by atoms with Crippen molar-refractivity contribution < 1.29 is 4.74 Å². The van der Waals surface area contributed by atoms with Crippen LogP contribution in [0.25, 0.3) is 0 Å². The molecule has 1 fully saturated rings. The lowest BCUT2D eigenvalue weighted by Crippen LogP contribution is -2.51. The van der Waals surface area contributed by atoms with Gasteiger partial charge in [0, 0.05) is 32.7 Å². The molecule has 1 aromatic rings. The summed E-state index contributed by atoms with van der Waals surface area (Å²) < 4.78 is 5.51. The van der Waals surface area contributed by atoms with Crippen LogP contribution in [-0.2, 0) is 4.74 Å². The zero-order chi connectivity index (χ0) is 18.1. The summed E-state index contributed by atoms with van der Waals surface area (Å²) in [6, 6.07) is 11.2. The molecule has 0 spiro atoms.